The lowest BCUT2D eigenvalue weighted by molar-refractivity contribution is 0.212. The van der Waals surface area contributed by atoms with Crippen LogP contribution in [0, 0.1) is 29.4 Å². The molecule has 1 nitrogen and oxygen atoms in total. The third-order valence-electron chi connectivity index (χ3n) is 6.67. The van der Waals surface area contributed by atoms with Gasteiger partial charge >= 0.3 is 0 Å². The molecule has 28 heavy (non-hydrogen) atoms. The zero-order valence-electron chi connectivity index (χ0n) is 17.2. The summed E-state index contributed by atoms with van der Waals surface area (Å²) in [5, 5.41) is 0. The number of halogens is 2. The maximum absolute atomic E-state index is 14.7. The van der Waals surface area contributed by atoms with Gasteiger partial charge in [-0.05, 0) is 86.8 Å². The zero-order chi connectivity index (χ0) is 19.9. The van der Waals surface area contributed by atoms with Gasteiger partial charge in [-0.3, -0.25) is 0 Å². The Balaban J connectivity index is 1.60. The van der Waals surface area contributed by atoms with Crippen LogP contribution in [-0.2, 0) is 0 Å². The number of unbranched alkanes of at least 4 members (excludes halogenated alkanes) is 2. The largest absolute Gasteiger partial charge is 0.490 e. The van der Waals surface area contributed by atoms with Crippen LogP contribution < -0.4 is 4.74 Å². The lowest BCUT2D eigenvalue weighted by Crippen LogP contribution is -2.22. The van der Waals surface area contributed by atoms with Crippen molar-refractivity contribution in [2.75, 3.05) is 6.61 Å². The summed E-state index contributed by atoms with van der Waals surface area (Å²) in [6.07, 6.45) is 15.2. The van der Waals surface area contributed by atoms with Gasteiger partial charge in [0.2, 0.25) is 5.82 Å². The molecule has 1 atom stereocenters. The molecule has 154 valence electrons. The molecule has 3 heteroatoms. The van der Waals surface area contributed by atoms with Crippen molar-refractivity contribution in [2.45, 2.75) is 71.1 Å². The normalized spacial score (nSPS) is 25.2. The van der Waals surface area contributed by atoms with Crippen molar-refractivity contribution >= 4 is 5.57 Å². The molecule has 0 N–H and O–H groups in total. The van der Waals surface area contributed by atoms with Gasteiger partial charge in [0.25, 0.3) is 0 Å². The van der Waals surface area contributed by atoms with Crippen LogP contribution in [0.25, 0.3) is 5.57 Å². The Kier molecular flexibility index (Phi) is 7.70. The summed E-state index contributed by atoms with van der Waals surface area (Å²) in [5.74, 6) is 0.568. The van der Waals surface area contributed by atoms with Gasteiger partial charge in [0.05, 0.1) is 6.61 Å². The molecule has 0 amide bonds. The Morgan fingerprint density at radius 1 is 1.04 bits per heavy atom. The molecule has 1 unspecified atom stereocenters. The van der Waals surface area contributed by atoms with E-state index in [0.717, 1.165) is 50.0 Å². The van der Waals surface area contributed by atoms with E-state index >= 15 is 0 Å². The van der Waals surface area contributed by atoms with Gasteiger partial charge in [-0.2, -0.15) is 4.39 Å². The molecule has 0 aromatic heterocycles. The molecule has 3 rings (SSSR count). The van der Waals surface area contributed by atoms with Crippen molar-refractivity contribution in [3.63, 3.8) is 0 Å². The van der Waals surface area contributed by atoms with E-state index in [9.17, 15) is 8.78 Å². The minimum absolute atomic E-state index is 0.0330. The molecule has 2 aliphatic carbocycles. The highest BCUT2D eigenvalue weighted by Gasteiger charge is 2.28. The first-order valence-electron chi connectivity index (χ1n) is 11.1. The fourth-order valence-corrected chi connectivity index (χ4v) is 4.80. The molecule has 1 aromatic carbocycles. The highest BCUT2D eigenvalue weighted by molar-refractivity contribution is 5.67. The minimum atomic E-state index is -0.847. The van der Waals surface area contributed by atoms with Gasteiger partial charge in [-0.15, -0.1) is 6.58 Å². The van der Waals surface area contributed by atoms with Crippen molar-refractivity contribution in [2.24, 2.45) is 17.8 Å². The number of hydrogen-bond acceptors (Lipinski definition) is 1. The van der Waals surface area contributed by atoms with E-state index in [2.05, 4.69) is 25.7 Å². The van der Waals surface area contributed by atoms with Crippen molar-refractivity contribution < 1.29 is 13.5 Å². The lowest BCUT2D eigenvalue weighted by Gasteiger charge is -2.34. The number of allylic oxidation sites excluding steroid dienone is 3. The Labute approximate surface area is 168 Å². The third-order valence-corrected chi connectivity index (χ3v) is 6.67. The van der Waals surface area contributed by atoms with Gasteiger partial charge in [0.1, 0.15) is 0 Å². The summed E-state index contributed by atoms with van der Waals surface area (Å²) < 4.78 is 34.5. The smallest absolute Gasteiger partial charge is 0.201 e. The van der Waals surface area contributed by atoms with Crippen molar-refractivity contribution in [1.29, 1.82) is 0 Å². The van der Waals surface area contributed by atoms with E-state index in [1.807, 2.05) is 0 Å². The van der Waals surface area contributed by atoms with Crippen LogP contribution in [0.5, 0.6) is 5.75 Å². The summed E-state index contributed by atoms with van der Waals surface area (Å²) >= 11 is 0. The predicted octanol–water partition coefficient (Wildman–Crippen LogP) is 7.71. The first kappa shape index (κ1) is 21.1. The monoisotopic (exact) mass is 388 g/mol. The van der Waals surface area contributed by atoms with E-state index in [0.29, 0.717) is 24.0 Å². The van der Waals surface area contributed by atoms with E-state index in [4.69, 9.17) is 4.74 Å². The summed E-state index contributed by atoms with van der Waals surface area (Å²) in [4.78, 5) is 0. The van der Waals surface area contributed by atoms with Crippen LogP contribution in [0.1, 0.15) is 76.7 Å². The first-order chi connectivity index (χ1) is 13.6. The molecule has 0 radical (unpaired) electrons. The predicted molar refractivity (Wildman–Crippen MR) is 112 cm³/mol. The number of hydrogen-bond donors (Lipinski definition) is 0. The second-order valence-electron chi connectivity index (χ2n) is 8.47. The van der Waals surface area contributed by atoms with Crippen molar-refractivity contribution in [1.82, 2.24) is 0 Å². The third kappa shape index (κ3) is 5.04. The Morgan fingerprint density at radius 3 is 2.46 bits per heavy atom. The second kappa shape index (κ2) is 10.2. The standard InChI is InChI=1S/C25H34F2O/c1-3-5-6-17-28-23-16-15-22(24(26)25(23)27)21-13-11-20(12-14-21)19-9-7-18(4-2)8-10-19/h4,13,15-16,18-20H,2-3,5-12,14,17H2,1H3. The van der Waals surface area contributed by atoms with Crippen molar-refractivity contribution in [3.05, 3.63) is 48.1 Å². The molecule has 0 bridgehead atoms. The summed E-state index contributed by atoms with van der Waals surface area (Å²) in [5.41, 5.74) is 1.36. The molecule has 1 fully saturated rings. The Bertz CT molecular complexity index is 686. The van der Waals surface area contributed by atoms with Gasteiger partial charge in [-0.25, -0.2) is 4.39 Å². The number of rotatable bonds is 8. The number of ether oxygens (including phenoxy) is 1. The van der Waals surface area contributed by atoms with E-state index in [1.54, 1.807) is 12.1 Å². The minimum Gasteiger partial charge on any atom is -0.490 e. The highest BCUT2D eigenvalue weighted by atomic mass is 19.2. The van der Waals surface area contributed by atoms with Crippen LogP contribution in [0.15, 0.2) is 30.9 Å². The Morgan fingerprint density at radius 2 is 1.82 bits per heavy atom. The molecular formula is C25H34F2O. The van der Waals surface area contributed by atoms with E-state index in [-0.39, 0.29) is 5.75 Å². The molecule has 0 spiro atoms. The molecule has 2 aliphatic rings. The lowest BCUT2D eigenvalue weighted by atomic mass is 9.71. The molecule has 1 saturated carbocycles. The van der Waals surface area contributed by atoms with Crippen LogP contribution in [0.4, 0.5) is 8.78 Å². The van der Waals surface area contributed by atoms with E-state index < -0.39 is 11.6 Å². The SMILES string of the molecule is C=CC1CCC(C2CC=C(c3ccc(OCCCCC)c(F)c3F)CC2)CC1. The molecular weight excluding hydrogens is 354 g/mol. The van der Waals surface area contributed by atoms with Crippen LogP contribution in [0.2, 0.25) is 0 Å². The first-order valence-corrected chi connectivity index (χ1v) is 11.1. The quantitative estimate of drug-likeness (QED) is 0.327. The second-order valence-corrected chi connectivity index (χ2v) is 8.47. The van der Waals surface area contributed by atoms with Gasteiger partial charge < -0.3 is 4.74 Å². The maximum Gasteiger partial charge on any atom is 0.201 e. The fraction of sp³-hybridized carbons (Fsp3) is 0.600. The topological polar surface area (TPSA) is 9.23 Å². The molecule has 0 heterocycles. The number of benzene rings is 1. The van der Waals surface area contributed by atoms with Crippen LogP contribution in [-0.4, -0.2) is 6.61 Å². The van der Waals surface area contributed by atoms with Gasteiger partial charge in [-0.1, -0.05) is 31.9 Å². The fourth-order valence-electron chi connectivity index (χ4n) is 4.80. The van der Waals surface area contributed by atoms with Gasteiger partial charge in [0, 0.05) is 5.56 Å². The Hall–Kier alpha value is -1.64. The van der Waals surface area contributed by atoms with Crippen LogP contribution >= 0.6 is 0 Å². The molecule has 0 saturated heterocycles. The molecule has 0 aliphatic heterocycles. The average Bonchev–Trinajstić information content (AvgIpc) is 2.74. The molecule has 1 aromatic rings. The van der Waals surface area contributed by atoms with E-state index in [1.165, 1.54) is 25.7 Å². The van der Waals surface area contributed by atoms with Gasteiger partial charge in [0.15, 0.2) is 11.6 Å². The summed E-state index contributed by atoms with van der Waals surface area (Å²) in [6, 6.07) is 3.28. The van der Waals surface area contributed by atoms with Crippen LogP contribution in [0.3, 0.4) is 0 Å². The summed E-state index contributed by atoms with van der Waals surface area (Å²) in [6.45, 7) is 6.46. The zero-order valence-corrected chi connectivity index (χ0v) is 17.2. The van der Waals surface area contributed by atoms with Crippen molar-refractivity contribution in [3.8, 4) is 5.75 Å². The maximum atomic E-state index is 14.7. The average molecular weight is 389 g/mol. The highest BCUT2D eigenvalue weighted by Crippen LogP contribution is 2.42. The summed E-state index contributed by atoms with van der Waals surface area (Å²) in [7, 11) is 0.